The lowest BCUT2D eigenvalue weighted by atomic mass is 9.93. The average Bonchev–Trinajstić information content (AvgIpc) is 3.75. The standard InChI is InChI=1S/C46H82N6O4S2/c1-10-12-14-16-18-20-22-24-26-28-30-57(53,54)50(36-38(3)4)41-32-40(45-47-44-35-43(46(7,8)9)48-52(44)49-45)33-42(34-41)51(37-39(5)6)58(55,56)31-29-27-25-23-21-19-17-15-13-11-2/h32-35,38-39,48H,10-31,36-37H2,1-9H3. The summed E-state index contributed by atoms with van der Waals surface area (Å²) in [7, 11) is -7.47. The molecular formula is C46H82N6O4S2. The molecule has 0 amide bonds. The van der Waals surface area contributed by atoms with Crippen LogP contribution >= 0.6 is 0 Å². The number of hydrogen-bond acceptors (Lipinski definition) is 6. The molecule has 12 heteroatoms. The Morgan fingerprint density at radius 3 is 1.31 bits per heavy atom. The van der Waals surface area contributed by atoms with Crippen molar-refractivity contribution in [2.45, 2.75) is 196 Å². The molecule has 0 fully saturated rings. The van der Waals surface area contributed by atoms with Crippen LogP contribution in [0.25, 0.3) is 17.0 Å². The number of anilines is 2. The van der Waals surface area contributed by atoms with Crippen LogP contribution in [0.5, 0.6) is 0 Å². The van der Waals surface area contributed by atoms with E-state index in [1.165, 1.54) is 85.7 Å². The fraction of sp³-hybridized carbons (Fsp3) is 0.783. The Balaban J connectivity index is 1.93. The monoisotopic (exact) mass is 847 g/mol. The van der Waals surface area contributed by atoms with Crippen LogP contribution in [0.3, 0.4) is 0 Å². The molecule has 0 atom stereocenters. The molecule has 1 aromatic carbocycles. The maximum Gasteiger partial charge on any atom is 0.235 e. The van der Waals surface area contributed by atoms with E-state index in [1.807, 2.05) is 45.9 Å². The molecule has 0 radical (unpaired) electrons. The van der Waals surface area contributed by atoms with Gasteiger partial charge in [-0.2, -0.15) is 4.63 Å². The smallest absolute Gasteiger partial charge is 0.235 e. The number of aromatic amines is 1. The quantitative estimate of drug-likeness (QED) is 0.0644. The zero-order valence-corrected chi connectivity index (χ0v) is 39.8. The van der Waals surface area contributed by atoms with E-state index in [0.29, 0.717) is 41.3 Å². The zero-order chi connectivity index (χ0) is 42.8. The maximum absolute atomic E-state index is 14.3. The summed E-state index contributed by atoms with van der Waals surface area (Å²) in [5.41, 5.74) is 2.98. The second kappa shape index (κ2) is 24.6. The SMILES string of the molecule is CCCCCCCCCCCCS(=O)(=O)N(CC(C)C)c1cc(-c2nc3cc(C(C)(C)C)[nH]n3n2)cc(N(CC(C)C)S(=O)(=O)CCCCCCCCCCCC)c1. The van der Waals surface area contributed by atoms with E-state index in [0.717, 1.165) is 44.2 Å². The first-order chi connectivity index (χ1) is 27.5. The Morgan fingerprint density at radius 2 is 0.966 bits per heavy atom. The summed E-state index contributed by atoms with van der Waals surface area (Å²) < 4.78 is 61.9. The van der Waals surface area contributed by atoms with Gasteiger partial charge >= 0.3 is 0 Å². The number of benzene rings is 1. The summed E-state index contributed by atoms with van der Waals surface area (Å²) in [6.07, 6.45) is 22.4. The third-order valence-corrected chi connectivity index (χ3v) is 14.6. The van der Waals surface area contributed by atoms with Gasteiger partial charge in [0.2, 0.25) is 20.0 Å². The van der Waals surface area contributed by atoms with Crippen LogP contribution in [0.1, 0.15) is 196 Å². The van der Waals surface area contributed by atoms with Gasteiger partial charge in [0.15, 0.2) is 11.5 Å². The Kier molecular flexibility index (Phi) is 21.1. The fourth-order valence-corrected chi connectivity index (χ4v) is 11.0. The fourth-order valence-electron chi connectivity index (χ4n) is 7.48. The third-order valence-electron chi connectivity index (χ3n) is 10.9. The third kappa shape index (κ3) is 16.8. The molecular weight excluding hydrogens is 765 g/mol. The highest BCUT2D eigenvalue weighted by Crippen LogP contribution is 2.35. The van der Waals surface area contributed by atoms with Crippen LogP contribution in [0.2, 0.25) is 0 Å². The van der Waals surface area contributed by atoms with Gasteiger partial charge in [0, 0.05) is 35.8 Å². The lowest BCUT2D eigenvalue weighted by molar-refractivity contribution is 0.554. The number of unbranched alkanes of at least 4 members (excludes halogenated alkanes) is 18. The Bertz CT molecular complexity index is 1710. The molecule has 2 heterocycles. The normalized spacial score (nSPS) is 12.7. The second-order valence-corrected chi connectivity index (χ2v) is 22.7. The maximum atomic E-state index is 14.3. The average molecular weight is 847 g/mol. The number of nitrogens with zero attached hydrogens (tertiary/aromatic N) is 5. The first kappa shape index (κ1) is 49.8. The van der Waals surface area contributed by atoms with Crippen molar-refractivity contribution < 1.29 is 16.8 Å². The van der Waals surface area contributed by atoms with E-state index >= 15 is 0 Å². The van der Waals surface area contributed by atoms with E-state index in [1.54, 1.807) is 10.7 Å². The molecule has 10 nitrogen and oxygen atoms in total. The van der Waals surface area contributed by atoms with Crippen molar-refractivity contribution in [1.29, 1.82) is 0 Å². The van der Waals surface area contributed by atoms with E-state index < -0.39 is 20.0 Å². The van der Waals surface area contributed by atoms with Crippen molar-refractivity contribution in [3.05, 3.63) is 30.0 Å². The molecule has 2 aromatic heterocycles. The van der Waals surface area contributed by atoms with Gasteiger partial charge in [-0.1, -0.05) is 178 Å². The van der Waals surface area contributed by atoms with Gasteiger partial charge in [0.05, 0.1) is 22.9 Å². The molecule has 3 rings (SSSR count). The first-order valence-electron chi connectivity index (χ1n) is 23.1. The zero-order valence-electron chi connectivity index (χ0n) is 38.1. The van der Waals surface area contributed by atoms with Crippen LogP contribution in [-0.2, 0) is 25.5 Å². The van der Waals surface area contributed by atoms with E-state index in [4.69, 9.17) is 10.1 Å². The highest BCUT2D eigenvalue weighted by atomic mass is 32.2. The highest BCUT2D eigenvalue weighted by Gasteiger charge is 2.29. The summed E-state index contributed by atoms with van der Waals surface area (Å²) >= 11 is 0. The van der Waals surface area contributed by atoms with E-state index in [9.17, 15) is 16.8 Å². The molecule has 3 aromatic rings. The highest BCUT2D eigenvalue weighted by molar-refractivity contribution is 7.93. The van der Waals surface area contributed by atoms with Crippen LogP contribution in [0.4, 0.5) is 11.4 Å². The molecule has 58 heavy (non-hydrogen) atoms. The van der Waals surface area contributed by atoms with Gasteiger partial charge in [-0.25, -0.2) is 21.8 Å². The van der Waals surface area contributed by atoms with Gasteiger partial charge in [0.25, 0.3) is 0 Å². The first-order valence-corrected chi connectivity index (χ1v) is 26.3. The summed E-state index contributed by atoms with van der Waals surface area (Å²) in [6.45, 7) is 19.5. The lowest BCUT2D eigenvalue weighted by Crippen LogP contribution is -2.38. The van der Waals surface area contributed by atoms with Crippen LogP contribution in [0, 0.1) is 11.8 Å². The molecule has 1 N–H and O–H groups in total. The number of nitrogens with one attached hydrogen (secondary N) is 1. The number of H-pyrrole nitrogens is 1. The van der Waals surface area contributed by atoms with Gasteiger partial charge in [-0.15, -0.1) is 5.10 Å². The van der Waals surface area contributed by atoms with Crippen LogP contribution in [-0.4, -0.2) is 61.2 Å². The largest absolute Gasteiger partial charge is 0.280 e. The minimum absolute atomic E-state index is 0.0427. The van der Waals surface area contributed by atoms with Crippen molar-refractivity contribution in [3.8, 4) is 11.4 Å². The molecule has 0 saturated heterocycles. The Morgan fingerprint density at radius 1 is 0.586 bits per heavy atom. The topological polar surface area (TPSA) is 121 Å². The van der Waals surface area contributed by atoms with Crippen LogP contribution < -0.4 is 8.61 Å². The summed E-state index contributed by atoms with van der Waals surface area (Å²) in [5, 5.41) is 8.13. The van der Waals surface area contributed by atoms with Gasteiger partial charge in [-0.3, -0.25) is 13.7 Å². The van der Waals surface area contributed by atoms with Crippen molar-refractivity contribution >= 4 is 37.1 Å². The van der Waals surface area contributed by atoms with Gasteiger partial charge < -0.3 is 0 Å². The molecule has 0 aliphatic rings. The summed E-state index contributed by atoms with van der Waals surface area (Å²) in [6, 6.07) is 7.39. The van der Waals surface area contributed by atoms with Crippen molar-refractivity contribution in [3.63, 3.8) is 0 Å². The molecule has 0 saturated carbocycles. The number of sulfonamides is 2. The van der Waals surface area contributed by atoms with Gasteiger partial charge in [0.1, 0.15) is 0 Å². The number of hydrogen-bond donors (Lipinski definition) is 1. The van der Waals surface area contributed by atoms with Crippen molar-refractivity contribution in [1.82, 2.24) is 19.8 Å². The molecule has 0 aliphatic carbocycles. The summed E-state index contributed by atoms with van der Waals surface area (Å²) in [4.78, 5) is 4.86. The lowest BCUT2D eigenvalue weighted by Gasteiger charge is -2.30. The van der Waals surface area contributed by atoms with Crippen molar-refractivity contribution in [2.24, 2.45) is 11.8 Å². The molecule has 0 spiro atoms. The van der Waals surface area contributed by atoms with Crippen molar-refractivity contribution in [2.75, 3.05) is 33.2 Å². The van der Waals surface area contributed by atoms with Gasteiger partial charge in [-0.05, 0) is 42.9 Å². The van der Waals surface area contributed by atoms with E-state index in [-0.39, 0.29) is 41.8 Å². The second-order valence-electron chi connectivity index (χ2n) is 18.7. The molecule has 0 unspecified atom stereocenters. The minimum atomic E-state index is -3.73. The molecule has 0 bridgehead atoms. The van der Waals surface area contributed by atoms with E-state index in [2.05, 4.69) is 39.7 Å². The number of fused-ring (bicyclic) bond motifs is 1. The minimum Gasteiger partial charge on any atom is -0.280 e. The molecule has 332 valence electrons. The Hall–Kier alpha value is -2.60. The Labute approximate surface area is 354 Å². The summed E-state index contributed by atoms with van der Waals surface area (Å²) in [5.74, 6) is 0.582. The number of rotatable bonds is 31. The predicted octanol–water partition coefficient (Wildman–Crippen LogP) is 12.4. The molecule has 0 aliphatic heterocycles. The van der Waals surface area contributed by atoms with Crippen LogP contribution in [0.15, 0.2) is 24.3 Å². The predicted molar refractivity (Wildman–Crippen MR) is 247 cm³/mol. The number of aromatic nitrogens is 4.